The Labute approximate surface area is 114 Å². The number of unbranched alkanes of at least 4 members (excludes halogenated alkanes) is 7. The molecule has 0 aliphatic carbocycles. The van der Waals surface area contributed by atoms with Crippen molar-refractivity contribution < 1.29 is 4.43 Å². The summed E-state index contributed by atoms with van der Waals surface area (Å²) < 4.78 is 4.39. The number of rotatable bonds is 10. The van der Waals surface area contributed by atoms with Gasteiger partial charge in [0.2, 0.25) is 0 Å². The van der Waals surface area contributed by atoms with E-state index in [2.05, 4.69) is 11.3 Å². The first-order chi connectivity index (χ1) is 7.83. The minimum atomic E-state index is 0.575. The van der Waals surface area contributed by atoms with Crippen LogP contribution in [-0.4, -0.2) is 44.9 Å². The average Bonchev–Trinajstić information content (AvgIpc) is 2.28. The van der Waals surface area contributed by atoms with Crippen LogP contribution in [0.1, 0.15) is 58.3 Å². The SMILES string of the molecule is CCCCCCCCCC[SiH2][SiH2][SiH3].CO[SiH3]. The molecule has 5 heteroatoms. The van der Waals surface area contributed by atoms with Crippen LogP contribution in [0.3, 0.4) is 0 Å². The molecule has 0 aliphatic rings. The fourth-order valence-electron chi connectivity index (χ4n) is 1.74. The summed E-state index contributed by atoms with van der Waals surface area (Å²) in [4.78, 5) is 0. The van der Waals surface area contributed by atoms with Crippen molar-refractivity contribution >= 4 is 37.8 Å². The van der Waals surface area contributed by atoms with Gasteiger partial charge in [0.15, 0.2) is 0 Å². The average molecular weight is 295 g/mol. The molecule has 0 saturated heterocycles. The van der Waals surface area contributed by atoms with Crippen LogP contribution in [0.25, 0.3) is 0 Å². The Bertz CT molecular complexity index is 94.0. The largest absolute Gasteiger partial charge is 0.431 e. The van der Waals surface area contributed by atoms with Crippen LogP contribution in [0.5, 0.6) is 0 Å². The quantitative estimate of drug-likeness (QED) is 0.407. The summed E-state index contributed by atoms with van der Waals surface area (Å²) in [6.07, 6.45) is 12.0. The zero-order valence-corrected chi connectivity index (χ0v) is 19.0. The second-order valence-electron chi connectivity index (χ2n) is 4.59. The van der Waals surface area contributed by atoms with E-state index in [0.29, 0.717) is 17.6 Å². The van der Waals surface area contributed by atoms with Gasteiger partial charge in [-0.3, -0.25) is 0 Å². The highest BCUT2D eigenvalue weighted by atomic mass is 29.5. The molecule has 0 N–H and O–H groups in total. The Hall–Kier alpha value is 0.828. The van der Waals surface area contributed by atoms with Crippen LogP contribution in [0.4, 0.5) is 0 Å². The van der Waals surface area contributed by atoms with Gasteiger partial charge in [-0.2, -0.15) is 0 Å². The fraction of sp³-hybridized carbons (Fsp3) is 1.00. The molecular formula is C11H34OSi4. The highest BCUT2D eigenvalue weighted by Crippen LogP contribution is 2.09. The van der Waals surface area contributed by atoms with Gasteiger partial charge in [0.05, 0.1) is 0 Å². The Morgan fingerprint density at radius 2 is 1.38 bits per heavy atom. The normalized spacial score (nSPS) is 11.6. The minimum Gasteiger partial charge on any atom is -0.431 e. The maximum atomic E-state index is 4.39. The summed E-state index contributed by atoms with van der Waals surface area (Å²) in [5.74, 6) is 0. The predicted molar refractivity (Wildman–Crippen MR) is 91.4 cm³/mol. The first-order valence-electron chi connectivity index (χ1n) is 7.23. The van der Waals surface area contributed by atoms with Gasteiger partial charge in [-0.25, -0.2) is 0 Å². The lowest BCUT2D eigenvalue weighted by molar-refractivity contribution is 0.460. The molecule has 0 aromatic heterocycles. The lowest BCUT2D eigenvalue weighted by Crippen LogP contribution is -2.01. The van der Waals surface area contributed by atoms with E-state index in [0.717, 1.165) is 10.5 Å². The van der Waals surface area contributed by atoms with Crippen LogP contribution in [-0.2, 0) is 4.43 Å². The topological polar surface area (TPSA) is 9.23 Å². The van der Waals surface area contributed by atoms with E-state index >= 15 is 0 Å². The summed E-state index contributed by atoms with van der Waals surface area (Å²) in [5, 5.41) is 0. The van der Waals surface area contributed by atoms with Crippen molar-refractivity contribution in [2.75, 3.05) is 7.11 Å². The molecule has 0 spiro atoms. The van der Waals surface area contributed by atoms with Crippen molar-refractivity contribution in [2.24, 2.45) is 0 Å². The van der Waals surface area contributed by atoms with Crippen LogP contribution in [0, 0.1) is 0 Å². The molecule has 0 atom stereocenters. The van der Waals surface area contributed by atoms with E-state index in [1.54, 1.807) is 35.8 Å². The molecule has 0 unspecified atom stereocenters. The maximum Gasteiger partial charge on any atom is 0.145 e. The smallest absolute Gasteiger partial charge is 0.145 e. The molecular weight excluding hydrogens is 260 g/mol. The Morgan fingerprint density at radius 3 is 1.81 bits per heavy atom. The molecule has 0 rings (SSSR count). The highest BCUT2D eigenvalue weighted by Gasteiger charge is 1.91. The van der Waals surface area contributed by atoms with E-state index < -0.39 is 0 Å². The van der Waals surface area contributed by atoms with Gasteiger partial charge < -0.3 is 4.43 Å². The van der Waals surface area contributed by atoms with Crippen molar-refractivity contribution in [1.29, 1.82) is 0 Å². The van der Waals surface area contributed by atoms with Gasteiger partial charge >= 0.3 is 0 Å². The zero-order chi connectivity index (χ0) is 12.5. The molecule has 0 heterocycles. The van der Waals surface area contributed by atoms with E-state index in [-0.39, 0.29) is 0 Å². The van der Waals surface area contributed by atoms with Crippen LogP contribution >= 0.6 is 0 Å². The summed E-state index contributed by atoms with van der Waals surface area (Å²) >= 11 is 0. The lowest BCUT2D eigenvalue weighted by atomic mass is 10.1. The first-order valence-corrected chi connectivity index (χ1v) is 18.7. The predicted octanol–water partition coefficient (Wildman–Crippen LogP) is -0.00840. The van der Waals surface area contributed by atoms with E-state index in [9.17, 15) is 0 Å². The summed E-state index contributed by atoms with van der Waals surface area (Å²) in [7, 11) is 5.38. The van der Waals surface area contributed by atoms with Crippen LogP contribution < -0.4 is 0 Å². The van der Waals surface area contributed by atoms with Crippen molar-refractivity contribution in [2.45, 2.75) is 64.3 Å². The van der Waals surface area contributed by atoms with E-state index in [4.69, 9.17) is 0 Å². The molecule has 0 aromatic rings. The molecule has 0 fully saturated rings. The maximum absolute atomic E-state index is 4.39. The van der Waals surface area contributed by atoms with Gasteiger partial charge in [-0.15, -0.1) is 0 Å². The van der Waals surface area contributed by atoms with E-state index in [1.807, 2.05) is 0 Å². The summed E-state index contributed by atoms with van der Waals surface area (Å²) in [6.45, 7) is 2.29. The summed E-state index contributed by atoms with van der Waals surface area (Å²) in [5.41, 5.74) is 0. The molecule has 16 heavy (non-hydrogen) atoms. The Balaban J connectivity index is 0. The zero-order valence-electron chi connectivity index (χ0n) is 12.2. The first kappa shape index (κ1) is 19.2. The van der Waals surface area contributed by atoms with Crippen molar-refractivity contribution in [3.8, 4) is 0 Å². The van der Waals surface area contributed by atoms with Gasteiger partial charge in [0.1, 0.15) is 10.5 Å². The third-order valence-electron chi connectivity index (χ3n) is 2.71. The molecule has 0 saturated carbocycles. The van der Waals surface area contributed by atoms with Crippen molar-refractivity contribution in [1.82, 2.24) is 0 Å². The van der Waals surface area contributed by atoms with Crippen LogP contribution in [0.2, 0.25) is 6.04 Å². The third-order valence-corrected chi connectivity index (χ3v) is 14.4. The van der Waals surface area contributed by atoms with Gasteiger partial charge in [0, 0.05) is 16.1 Å². The van der Waals surface area contributed by atoms with Crippen molar-refractivity contribution in [3.05, 3.63) is 0 Å². The molecule has 100 valence electrons. The van der Waals surface area contributed by atoms with Crippen molar-refractivity contribution in [3.63, 3.8) is 0 Å². The molecule has 0 aliphatic heterocycles. The Morgan fingerprint density at radius 1 is 0.938 bits per heavy atom. The number of hydrogen-bond donors (Lipinski definition) is 0. The minimum absolute atomic E-state index is 0.575. The van der Waals surface area contributed by atoms with Crippen LogP contribution in [0.15, 0.2) is 0 Å². The van der Waals surface area contributed by atoms with Gasteiger partial charge in [-0.1, -0.05) is 64.3 Å². The molecule has 0 aromatic carbocycles. The monoisotopic (exact) mass is 294 g/mol. The van der Waals surface area contributed by atoms with Gasteiger partial charge in [0.25, 0.3) is 0 Å². The molecule has 0 bridgehead atoms. The third kappa shape index (κ3) is 24.2. The molecule has 1 nitrogen and oxygen atoms in total. The standard InChI is InChI=1S/C10H28Si3.CH6OSi/c1-2-3-4-5-6-7-8-9-10-12-13-11;1-2-3/h2-10,12-13H2,1,11H3;1,3H3. The Kier molecular flexibility index (Phi) is 25.3. The fourth-order valence-corrected chi connectivity index (χ4v) is 10.0. The highest BCUT2D eigenvalue weighted by molar-refractivity contribution is 7.23. The van der Waals surface area contributed by atoms with E-state index in [1.165, 1.54) is 38.5 Å². The molecule has 0 amide bonds. The van der Waals surface area contributed by atoms with Gasteiger partial charge in [-0.05, 0) is 18.3 Å². The lowest BCUT2D eigenvalue weighted by Gasteiger charge is -2.00. The second-order valence-corrected chi connectivity index (χ2v) is 21.9. The summed E-state index contributed by atoms with van der Waals surface area (Å²) in [6, 6.07) is 1.70. The molecule has 0 radical (unpaired) electrons. The number of hydrogen-bond acceptors (Lipinski definition) is 1. The second kappa shape index (κ2) is 21.1.